The number of sulfonamides is 1. The minimum atomic E-state index is -4.03. The summed E-state index contributed by atoms with van der Waals surface area (Å²) >= 11 is 0. The second-order valence-corrected chi connectivity index (χ2v) is 9.09. The lowest BCUT2D eigenvalue weighted by Crippen LogP contribution is -2.43. The molecule has 2 fully saturated rings. The first-order valence-electron chi connectivity index (χ1n) is 9.79. The predicted molar refractivity (Wildman–Crippen MR) is 104 cm³/mol. The lowest BCUT2D eigenvalue weighted by Gasteiger charge is -2.32. The summed E-state index contributed by atoms with van der Waals surface area (Å²) in [5.74, 6) is -1.56. The van der Waals surface area contributed by atoms with Crippen LogP contribution in [0.5, 0.6) is 0 Å². The number of halogens is 1. The molecule has 1 aromatic rings. The van der Waals surface area contributed by atoms with Crippen LogP contribution in [-0.2, 0) is 24.3 Å². The third kappa shape index (κ3) is 4.93. The van der Waals surface area contributed by atoms with Crippen LogP contribution in [0.3, 0.4) is 0 Å². The zero-order chi connectivity index (χ0) is 21.0. The Bertz CT molecular complexity index is 871. The van der Waals surface area contributed by atoms with Crippen molar-refractivity contribution in [2.75, 3.05) is 44.7 Å². The van der Waals surface area contributed by atoms with Crippen molar-refractivity contribution >= 4 is 27.5 Å². The SMILES string of the molecule is CCC(=O)N1CCCC(C(=O)Nc2ccc(F)c(S(=O)(=O)N3CCOCC3)c2)C1. The molecular formula is C19H26FN3O5S. The zero-order valence-electron chi connectivity index (χ0n) is 16.4. The first-order chi connectivity index (χ1) is 13.8. The molecule has 0 aromatic heterocycles. The van der Waals surface area contributed by atoms with Crippen LogP contribution < -0.4 is 5.32 Å². The topological polar surface area (TPSA) is 96.0 Å². The number of benzene rings is 1. The van der Waals surface area contributed by atoms with Gasteiger partial charge in [-0.2, -0.15) is 4.31 Å². The molecule has 0 aliphatic carbocycles. The maximum atomic E-state index is 14.3. The zero-order valence-corrected chi connectivity index (χ0v) is 17.2. The van der Waals surface area contributed by atoms with Crippen molar-refractivity contribution in [3.8, 4) is 0 Å². The van der Waals surface area contributed by atoms with E-state index >= 15 is 0 Å². The van der Waals surface area contributed by atoms with E-state index in [2.05, 4.69) is 5.32 Å². The number of rotatable bonds is 5. The van der Waals surface area contributed by atoms with E-state index in [9.17, 15) is 22.4 Å². The van der Waals surface area contributed by atoms with Crippen LogP contribution in [0.1, 0.15) is 26.2 Å². The number of likely N-dealkylation sites (tertiary alicyclic amines) is 1. The number of carbonyl (C=O) groups is 2. The monoisotopic (exact) mass is 427 g/mol. The van der Waals surface area contributed by atoms with Crippen LogP contribution in [0.2, 0.25) is 0 Å². The average Bonchev–Trinajstić information content (AvgIpc) is 2.75. The van der Waals surface area contributed by atoms with E-state index in [-0.39, 0.29) is 49.7 Å². The number of nitrogens with one attached hydrogen (secondary N) is 1. The number of morpholine rings is 1. The van der Waals surface area contributed by atoms with Gasteiger partial charge in [-0.1, -0.05) is 6.92 Å². The van der Waals surface area contributed by atoms with E-state index in [1.807, 2.05) is 0 Å². The molecule has 2 aliphatic rings. The molecule has 2 saturated heterocycles. The number of hydrogen-bond donors (Lipinski definition) is 1. The van der Waals surface area contributed by atoms with Gasteiger partial charge in [-0.05, 0) is 31.0 Å². The first-order valence-corrected chi connectivity index (χ1v) is 11.2. The van der Waals surface area contributed by atoms with Crippen molar-refractivity contribution in [3.05, 3.63) is 24.0 Å². The quantitative estimate of drug-likeness (QED) is 0.767. The molecule has 3 rings (SSSR count). The minimum Gasteiger partial charge on any atom is -0.379 e. The largest absolute Gasteiger partial charge is 0.379 e. The highest BCUT2D eigenvalue weighted by Crippen LogP contribution is 2.25. The van der Waals surface area contributed by atoms with E-state index in [1.54, 1.807) is 11.8 Å². The molecule has 0 bridgehead atoms. The average molecular weight is 427 g/mol. The van der Waals surface area contributed by atoms with E-state index in [4.69, 9.17) is 4.74 Å². The molecule has 10 heteroatoms. The second kappa shape index (κ2) is 9.19. The Labute approximate surface area is 170 Å². The number of nitrogens with zero attached hydrogens (tertiary/aromatic N) is 2. The molecular weight excluding hydrogens is 401 g/mol. The van der Waals surface area contributed by atoms with Crippen molar-refractivity contribution in [1.29, 1.82) is 0 Å². The summed E-state index contributed by atoms with van der Waals surface area (Å²) < 4.78 is 46.2. The van der Waals surface area contributed by atoms with Crippen molar-refractivity contribution in [2.45, 2.75) is 31.1 Å². The Morgan fingerprint density at radius 3 is 2.66 bits per heavy atom. The highest BCUT2D eigenvalue weighted by atomic mass is 32.2. The van der Waals surface area contributed by atoms with Gasteiger partial charge in [-0.3, -0.25) is 9.59 Å². The number of amides is 2. The van der Waals surface area contributed by atoms with Gasteiger partial charge in [0.05, 0.1) is 19.1 Å². The molecule has 1 N–H and O–H groups in total. The van der Waals surface area contributed by atoms with Crippen LogP contribution >= 0.6 is 0 Å². The van der Waals surface area contributed by atoms with Crippen molar-refractivity contribution in [1.82, 2.24) is 9.21 Å². The molecule has 0 saturated carbocycles. The fourth-order valence-corrected chi connectivity index (χ4v) is 5.09. The fourth-order valence-electron chi connectivity index (χ4n) is 3.59. The molecule has 0 radical (unpaired) electrons. The van der Waals surface area contributed by atoms with Gasteiger partial charge in [0.2, 0.25) is 21.8 Å². The summed E-state index contributed by atoms with van der Waals surface area (Å²) in [5.41, 5.74) is 0.210. The Hall–Kier alpha value is -2.04. The van der Waals surface area contributed by atoms with Crippen LogP contribution in [0.15, 0.2) is 23.1 Å². The Balaban J connectivity index is 1.74. The van der Waals surface area contributed by atoms with Crippen molar-refractivity contribution in [3.63, 3.8) is 0 Å². The Kier molecular flexibility index (Phi) is 6.86. The normalized spacial score (nSPS) is 21.0. The molecule has 29 heavy (non-hydrogen) atoms. The molecule has 2 aliphatic heterocycles. The van der Waals surface area contributed by atoms with Crippen molar-refractivity contribution < 1.29 is 27.1 Å². The molecule has 8 nitrogen and oxygen atoms in total. The lowest BCUT2D eigenvalue weighted by atomic mass is 9.96. The van der Waals surface area contributed by atoms with E-state index in [0.29, 0.717) is 25.9 Å². The van der Waals surface area contributed by atoms with Gasteiger partial charge in [-0.25, -0.2) is 12.8 Å². The van der Waals surface area contributed by atoms with E-state index < -0.39 is 20.7 Å². The fraction of sp³-hybridized carbons (Fsp3) is 0.579. The van der Waals surface area contributed by atoms with Gasteiger partial charge in [0, 0.05) is 38.3 Å². The third-order valence-corrected chi connectivity index (χ3v) is 7.15. The van der Waals surface area contributed by atoms with Gasteiger partial charge < -0.3 is 15.0 Å². The number of anilines is 1. The van der Waals surface area contributed by atoms with Crippen LogP contribution in [0.25, 0.3) is 0 Å². The summed E-state index contributed by atoms with van der Waals surface area (Å²) in [4.78, 5) is 25.8. The first kappa shape index (κ1) is 21.7. The summed E-state index contributed by atoms with van der Waals surface area (Å²) in [6.45, 7) is 3.57. The predicted octanol–water partition coefficient (Wildman–Crippen LogP) is 1.43. The van der Waals surface area contributed by atoms with Gasteiger partial charge in [-0.15, -0.1) is 0 Å². The Morgan fingerprint density at radius 2 is 1.97 bits per heavy atom. The van der Waals surface area contributed by atoms with Crippen molar-refractivity contribution in [2.24, 2.45) is 5.92 Å². The molecule has 1 aromatic carbocycles. The molecule has 2 heterocycles. The maximum absolute atomic E-state index is 14.3. The summed E-state index contributed by atoms with van der Waals surface area (Å²) in [5, 5.41) is 2.68. The molecule has 160 valence electrons. The third-order valence-electron chi connectivity index (χ3n) is 5.23. The highest BCUT2D eigenvalue weighted by molar-refractivity contribution is 7.89. The maximum Gasteiger partial charge on any atom is 0.246 e. The van der Waals surface area contributed by atoms with Crippen LogP contribution in [0, 0.1) is 11.7 Å². The van der Waals surface area contributed by atoms with Crippen LogP contribution in [0.4, 0.5) is 10.1 Å². The van der Waals surface area contributed by atoms with Gasteiger partial charge in [0.25, 0.3) is 0 Å². The second-order valence-electron chi connectivity index (χ2n) is 7.18. The minimum absolute atomic E-state index is 0.00294. The molecule has 1 atom stereocenters. The van der Waals surface area contributed by atoms with Gasteiger partial charge in [0.1, 0.15) is 10.7 Å². The molecule has 2 amide bonds. The smallest absolute Gasteiger partial charge is 0.246 e. The Morgan fingerprint density at radius 1 is 1.24 bits per heavy atom. The standard InChI is InChI=1S/C19H26FN3O5S/c1-2-18(24)22-7-3-4-14(13-22)19(25)21-15-5-6-16(20)17(12-15)29(26,27)23-8-10-28-11-9-23/h5-6,12,14H,2-4,7-11,13H2,1H3,(H,21,25). The van der Waals surface area contributed by atoms with Crippen LogP contribution in [-0.4, -0.2) is 68.8 Å². The lowest BCUT2D eigenvalue weighted by molar-refractivity contribution is -0.134. The van der Waals surface area contributed by atoms with E-state index in [1.165, 1.54) is 10.4 Å². The summed E-state index contributed by atoms with van der Waals surface area (Å²) in [6.07, 6.45) is 1.75. The number of hydrogen-bond acceptors (Lipinski definition) is 5. The number of ether oxygens (including phenoxy) is 1. The molecule has 1 unspecified atom stereocenters. The summed E-state index contributed by atoms with van der Waals surface area (Å²) in [7, 11) is -4.03. The number of piperidine rings is 1. The summed E-state index contributed by atoms with van der Waals surface area (Å²) in [6, 6.07) is 3.52. The van der Waals surface area contributed by atoms with Gasteiger partial charge in [0.15, 0.2) is 0 Å². The molecule has 0 spiro atoms. The highest BCUT2D eigenvalue weighted by Gasteiger charge is 2.31. The van der Waals surface area contributed by atoms with E-state index in [0.717, 1.165) is 18.6 Å². The van der Waals surface area contributed by atoms with Gasteiger partial charge >= 0.3 is 0 Å². The number of carbonyl (C=O) groups excluding carboxylic acids is 2.